The SMILES string of the molecule is CC(=O)C(=O)[C@H](CC1CCC1)NC(=O)[C@@H]1C[C@]2(CC(c3ccc4c(c3)OCO4)=NO2)CN1C(=O)[C@@H](NC(=O)NC(C)C)C(C)(C)C. The van der Waals surface area contributed by atoms with Crippen molar-refractivity contribution < 1.29 is 38.3 Å². The Morgan fingerprint density at radius 2 is 1.76 bits per heavy atom. The molecule has 0 aromatic heterocycles. The summed E-state index contributed by atoms with van der Waals surface area (Å²) in [6.45, 7) is 10.5. The minimum absolute atomic E-state index is 0.0233. The van der Waals surface area contributed by atoms with Crippen LogP contribution in [0.4, 0.5) is 4.79 Å². The number of ether oxygens (including phenoxy) is 2. The summed E-state index contributed by atoms with van der Waals surface area (Å²) in [6.07, 6.45) is 3.67. The fraction of sp³-hybridized carbons (Fsp3) is 0.636. The predicted octanol–water partition coefficient (Wildman–Crippen LogP) is 2.83. The van der Waals surface area contributed by atoms with E-state index in [9.17, 15) is 24.0 Å². The van der Waals surface area contributed by atoms with E-state index in [-0.39, 0.29) is 31.7 Å². The molecule has 0 radical (unpaired) electrons. The number of rotatable bonds is 10. The number of urea groups is 1. The van der Waals surface area contributed by atoms with Crippen molar-refractivity contribution >= 4 is 35.1 Å². The zero-order chi connectivity index (χ0) is 33.4. The number of fused-ring (bicyclic) bond motifs is 1. The lowest BCUT2D eigenvalue weighted by atomic mass is 9.80. The van der Waals surface area contributed by atoms with Gasteiger partial charge in [0.2, 0.25) is 24.4 Å². The Bertz CT molecular complexity index is 1430. The number of ketones is 2. The lowest BCUT2D eigenvalue weighted by molar-refractivity contribution is -0.143. The molecule has 13 nitrogen and oxygen atoms in total. The summed E-state index contributed by atoms with van der Waals surface area (Å²) in [5.74, 6) is -0.837. The van der Waals surface area contributed by atoms with Gasteiger partial charge in [-0.25, -0.2) is 4.79 Å². The zero-order valence-corrected chi connectivity index (χ0v) is 27.4. The summed E-state index contributed by atoms with van der Waals surface area (Å²) in [5.41, 5.74) is -0.355. The van der Waals surface area contributed by atoms with Gasteiger partial charge in [0.15, 0.2) is 22.9 Å². The lowest BCUT2D eigenvalue weighted by Crippen LogP contribution is -2.60. The second-order valence-electron chi connectivity index (χ2n) is 14.3. The molecule has 3 N–H and O–H groups in total. The van der Waals surface area contributed by atoms with Crippen LogP contribution in [-0.4, -0.2) is 83.1 Å². The van der Waals surface area contributed by atoms with Gasteiger partial charge in [-0.1, -0.05) is 45.2 Å². The Balaban J connectivity index is 1.41. The van der Waals surface area contributed by atoms with Crippen molar-refractivity contribution in [2.24, 2.45) is 16.5 Å². The number of Topliss-reactive ketones (excluding diaryl/α,β-unsaturated/α-hetero) is 2. The summed E-state index contributed by atoms with van der Waals surface area (Å²) >= 11 is 0. The summed E-state index contributed by atoms with van der Waals surface area (Å²) in [6, 6.07) is 1.79. The highest BCUT2D eigenvalue weighted by atomic mass is 16.7. The van der Waals surface area contributed by atoms with Crippen LogP contribution in [-0.2, 0) is 24.0 Å². The third-order valence-corrected chi connectivity index (χ3v) is 9.11. The van der Waals surface area contributed by atoms with Gasteiger partial charge in [0.05, 0.1) is 18.3 Å². The van der Waals surface area contributed by atoms with E-state index in [2.05, 4.69) is 21.1 Å². The standard InChI is InChI=1S/C33H45N5O8/c1-18(2)34-31(43)36-28(32(4,5)6)30(42)38-16-33(14-23(37-46-33)21-10-11-25-26(13-21)45-17-44-25)15-24(38)29(41)35-22(27(40)19(3)39)12-20-8-7-9-20/h10-11,13,18,20,22,24,28H,7-9,12,14-17H2,1-6H3,(H,35,41)(H2,34,36,43)/t22-,24-,28+,33+/m0/s1. The number of nitrogens with zero attached hydrogens (tertiary/aromatic N) is 2. The first-order valence-corrected chi connectivity index (χ1v) is 16.0. The second-order valence-corrected chi connectivity index (χ2v) is 14.3. The minimum atomic E-state index is -1.04. The number of hydrogen-bond donors (Lipinski definition) is 3. The average Bonchev–Trinajstić information content (AvgIpc) is 3.69. The van der Waals surface area contributed by atoms with Gasteiger partial charge in [-0.05, 0) is 49.8 Å². The average molecular weight is 640 g/mol. The van der Waals surface area contributed by atoms with Gasteiger partial charge in [0.1, 0.15) is 12.1 Å². The monoisotopic (exact) mass is 639 g/mol. The molecule has 5 rings (SSSR count). The molecule has 4 atom stereocenters. The van der Waals surface area contributed by atoms with E-state index < -0.39 is 58.6 Å². The summed E-state index contributed by atoms with van der Waals surface area (Å²) < 4.78 is 10.9. The van der Waals surface area contributed by atoms with Crippen LogP contribution in [0.5, 0.6) is 11.5 Å². The van der Waals surface area contributed by atoms with Crippen LogP contribution in [0, 0.1) is 11.3 Å². The molecule has 13 heteroatoms. The first-order chi connectivity index (χ1) is 21.7. The van der Waals surface area contributed by atoms with Crippen molar-refractivity contribution in [2.45, 2.75) is 110 Å². The molecule has 3 aliphatic heterocycles. The molecule has 2 fully saturated rings. The smallest absolute Gasteiger partial charge is 0.315 e. The maximum Gasteiger partial charge on any atom is 0.315 e. The molecular weight excluding hydrogens is 594 g/mol. The molecule has 1 aromatic rings. The van der Waals surface area contributed by atoms with Gasteiger partial charge in [-0.15, -0.1) is 0 Å². The van der Waals surface area contributed by atoms with Crippen molar-refractivity contribution in [2.75, 3.05) is 13.3 Å². The molecule has 0 unspecified atom stereocenters. The number of amides is 4. The zero-order valence-electron chi connectivity index (χ0n) is 27.4. The van der Waals surface area contributed by atoms with Crippen LogP contribution in [0.15, 0.2) is 23.4 Å². The first kappa shape index (κ1) is 33.2. The Labute approximate surface area is 269 Å². The van der Waals surface area contributed by atoms with Gasteiger partial charge in [-0.3, -0.25) is 19.2 Å². The van der Waals surface area contributed by atoms with Crippen LogP contribution < -0.4 is 25.4 Å². The number of hydrogen-bond acceptors (Lipinski definition) is 9. The third kappa shape index (κ3) is 7.13. The van der Waals surface area contributed by atoms with Gasteiger partial charge in [0, 0.05) is 31.4 Å². The highest BCUT2D eigenvalue weighted by Gasteiger charge is 2.55. The van der Waals surface area contributed by atoms with E-state index in [1.165, 1.54) is 11.8 Å². The fourth-order valence-electron chi connectivity index (χ4n) is 6.42. The minimum Gasteiger partial charge on any atom is -0.454 e. The maximum absolute atomic E-state index is 14.4. The van der Waals surface area contributed by atoms with Crippen molar-refractivity contribution in [3.05, 3.63) is 23.8 Å². The Morgan fingerprint density at radius 3 is 2.39 bits per heavy atom. The second kappa shape index (κ2) is 12.9. The number of carbonyl (C=O) groups excluding carboxylic acids is 5. The topological polar surface area (TPSA) is 165 Å². The summed E-state index contributed by atoms with van der Waals surface area (Å²) in [4.78, 5) is 73.7. The molecule has 1 spiro atoms. The Morgan fingerprint density at radius 1 is 1.04 bits per heavy atom. The predicted molar refractivity (Wildman–Crippen MR) is 167 cm³/mol. The normalized spacial score (nSPS) is 23.3. The molecule has 1 saturated carbocycles. The molecule has 4 amide bonds. The van der Waals surface area contributed by atoms with E-state index in [0.29, 0.717) is 30.1 Å². The largest absolute Gasteiger partial charge is 0.454 e. The maximum atomic E-state index is 14.4. The Hall–Kier alpha value is -4.16. The van der Waals surface area contributed by atoms with E-state index in [4.69, 9.17) is 14.3 Å². The molecule has 46 heavy (non-hydrogen) atoms. The molecule has 0 bridgehead atoms. The Kier molecular flexibility index (Phi) is 9.33. The van der Waals surface area contributed by atoms with Gasteiger partial charge >= 0.3 is 6.03 Å². The highest BCUT2D eigenvalue weighted by Crippen LogP contribution is 2.41. The molecule has 4 aliphatic rings. The van der Waals surface area contributed by atoms with Crippen molar-refractivity contribution in [3.8, 4) is 11.5 Å². The van der Waals surface area contributed by atoms with E-state index in [1.807, 2.05) is 46.8 Å². The number of likely N-dealkylation sites (tertiary alicyclic amines) is 1. The molecule has 3 heterocycles. The molecule has 1 aliphatic carbocycles. The van der Waals surface area contributed by atoms with Crippen LogP contribution in [0.3, 0.4) is 0 Å². The van der Waals surface area contributed by atoms with Crippen LogP contribution in [0.25, 0.3) is 0 Å². The van der Waals surface area contributed by atoms with Crippen LogP contribution >= 0.6 is 0 Å². The molecule has 1 aromatic carbocycles. The summed E-state index contributed by atoms with van der Waals surface area (Å²) in [5, 5.41) is 12.8. The summed E-state index contributed by atoms with van der Waals surface area (Å²) in [7, 11) is 0. The van der Waals surface area contributed by atoms with Crippen LogP contribution in [0.2, 0.25) is 0 Å². The van der Waals surface area contributed by atoms with Crippen molar-refractivity contribution in [3.63, 3.8) is 0 Å². The van der Waals surface area contributed by atoms with Crippen LogP contribution in [0.1, 0.15) is 85.6 Å². The number of benzene rings is 1. The van der Waals surface area contributed by atoms with Gasteiger partial charge in [0.25, 0.3) is 0 Å². The van der Waals surface area contributed by atoms with E-state index >= 15 is 0 Å². The fourth-order valence-corrected chi connectivity index (χ4v) is 6.42. The quantitative estimate of drug-likeness (QED) is 0.329. The van der Waals surface area contributed by atoms with E-state index in [1.54, 1.807) is 6.07 Å². The van der Waals surface area contributed by atoms with Crippen molar-refractivity contribution in [1.29, 1.82) is 0 Å². The van der Waals surface area contributed by atoms with Gasteiger partial charge in [-0.2, -0.15) is 0 Å². The number of oxime groups is 1. The molecule has 1 saturated heterocycles. The first-order valence-electron chi connectivity index (χ1n) is 16.0. The van der Waals surface area contributed by atoms with Gasteiger partial charge < -0.3 is 35.2 Å². The number of carbonyl (C=O) groups is 5. The van der Waals surface area contributed by atoms with Crippen molar-refractivity contribution in [1.82, 2.24) is 20.9 Å². The van der Waals surface area contributed by atoms with E-state index in [0.717, 1.165) is 24.8 Å². The molecule has 250 valence electrons. The molecular formula is C33H45N5O8. The highest BCUT2D eigenvalue weighted by molar-refractivity contribution is 6.38. The third-order valence-electron chi connectivity index (χ3n) is 9.11. The number of nitrogens with one attached hydrogen (secondary N) is 3. The lowest BCUT2D eigenvalue weighted by Gasteiger charge is -2.36.